The SMILES string of the molecule is CN(C(=O)c1ccc(C(=O)N(C)C(O)CCO)nc1)C(O)CCO. The Hall–Kier alpha value is -2.07. The summed E-state index contributed by atoms with van der Waals surface area (Å²) >= 11 is 0. The number of aliphatic hydroxyl groups is 4. The monoisotopic (exact) mass is 341 g/mol. The van der Waals surface area contributed by atoms with Crippen LogP contribution >= 0.6 is 0 Å². The number of pyridine rings is 1. The maximum atomic E-state index is 12.2. The molecule has 0 saturated carbocycles. The lowest BCUT2D eigenvalue weighted by molar-refractivity contribution is 0.00608. The molecule has 0 aromatic carbocycles. The number of carbonyl (C=O) groups excluding carboxylic acids is 2. The van der Waals surface area contributed by atoms with Crippen LogP contribution < -0.4 is 0 Å². The predicted octanol–water partition coefficient (Wildman–Crippen LogP) is -1.37. The summed E-state index contributed by atoms with van der Waals surface area (Å²) in [4.78, 5) is 30.3. The first kappa shape index (κ1) is 20.0. The van der Waals surface area contributed by atoms with E-state index in [0.717, 1.165) is 9.80 Å². The average Bonchev–Trinajstić information content (AvgIpc) is 2.59. The first-order valence-corrected chi connectivity index (χ1v) is 7.41. The number of amides is 2. The van der Waals surface area contributed by atoms with E-state index in [0.29, 0.717) is 0 Å². The number of carbonyl (C=O) groups is 2. The van der Waals surface area contributed by atoms with Crippen LogP contribution in [0.5, 0.6) is 0 Å². The fraction of sp³-hybridized carbons (Fsp3) is 0.533. The van der Waals surface area contributed by atoms with Gasteiger partial charge in [-0.15, -0.1) is 0 Å². The van der Waals surface area contributed by atoms with Crippen molar-refractivity contribution < 1.29 is 30.0 Å². The second kappa shape index (κ2) is 9.28. The molecule has 1 aromatic heterocycles. The number of aromatic nitrogens is 1. The summed E-state index contributed by atoms with van der Waals surface area (Å²) in [5.74, 6) is -1.06. The van der Waals surface area contributed by atoms with Crippen LogP contribution in [-0.2, 0) is 0 Å². The molecule has 9 nitrogen and oxygen atoms in total. The second-order valence-electron chi connectivity index (χ2n) is 5.25. The van der Waals surface area contributed by atoms with Gasteiger partial charge in [-0.1, -0.05) is 0 Å². The van der Waals surface area contributed by atoms with Gasteiger partial charge in [0, 0.05) is 46.3 Å². The molecule has 0 fully saturated rings. The molecular weight excluding hydrogens is 318 g/mol. The van der Waals surface area contributed by atoms with Crippen molar-refractivity contribution in [3.05, 3.63) is 29.6 Å². The van der Waals surface area contributed by atoms with Crippen LogP contribution in [0.2, 0.25) is 0 Å². The standard InChI is InChI=1S/C15H23N3O6/c1-17(12(21)5-7-19)14(23)10-3-4-11(16-9-10)15(24)18(2)13(22)6-8-20/h3-4,9,12-13,19-22H,5-8H2,1-2H3. The lowest BCUT2D eigenvalue weighted by Crippen LogP contribution is -2.38. The zero-order chi connectivity index (χ0) is 18.3. The second-order valence-corrected chi connectivity index (χ2v) is 5.25. The van der Waals surface area contributed by atoms with Crippen LogP contribution in [0.1, 0.15) is 33.7 Å². The lowest BCUT2D eigenvalue weighted by atomic mass is 10.2. The van der Waals surface area contributed by atoms with Crippen molar-refractivity contribution in [3.63, 3.8) is 0 Å². The van der Waals surface area contributed by atoms with Gasteiger partial charge in [0.1, 0.15) is 18.1 Å². The van der Waals surface area contributed by atoms with Crippen LogP contribution in [0.25, 0.3) is 0 Å². The third kappa shape index (κ3) is 4.96. The van der Waals surface area contributed by atoms with E-state index in [4.69, 9.17) is 10.2 Å². The molecular formula is C15H23N3O6. The van der Waals surface area contributed by atoms with Gasteiger partial charge in [-0.25, -0.2) is 0 Å². The van der Waals surface area contributed by atoms with Gasteiger partial charge in [-0.05, 0) is 12.1 Å². The molecule has 1 aromatic rings. The Labute approximate surface area is 139 Å². The molecule has 1 rings (SSSR count). The van der Waals surface area contributed by atoms with E-state index >= 15 is 0 Å². The summed E-state index contributed by atoms with van der Waals surface area (Å²) in [5.41, 5.74) is 0.203. The Morgan fingerprint density at radius 2 is 1.50 bits per heavy atom. The first-order valence-electron chi connectivity index (χ1n) is 7.41. The summed E-state index contributed by atoms with van der Waals surface area (Å²) in [7, 11) is 2.77. The minimum absolute atomic E-state index is 0.0202. The highest BCUT2D eigenvalue weighted by Crippen LogP contribution is 2.10. The van der Waals surface area contributed by atoms with E-state index in [1.54, 1.807) is 0 Å². The highest BCUT2D eigenvalue weighted by molar-refractivity contribution is 5.96. The zero-order valence-electron chi connectivity index (χ0n) is 13.7. The molecule has 9 heteroatoms. The van der Waals surface area contributed by atoms with Gasteiger partial charge in [0.25, 0.3) is 11.8 Å². The van der Waals surface area contributed by atoms with Gasteiger partial charge in [0.2, 0.25) is 0 Å². The normalized spacial score (nSPS) is 13.2. The Bertz CT molecular complexity index is 502. The van der Waals surface area contributed by atoms with Gasteiger partial charge >= 0.3 is 0 Å². The van der Waals surface area contributed by atoms with Gasteiger partial charge in [0.15, 0.2) is 0 Å². The molecule has 0 spiro atoms. The summed E-state index contributed by atoms with van der Waals surface area (Å²) in [6.07, 6.45) is -1.01. The zero-order valence-corrected chi connectivity index (χ0v) is 13.7. The molecule has 0 bridgehead atoms. The molecule has 0 aliphatic carbocycles. The van der Waals surface area contributed by atoms with E-state index in [2.05, 4.69) is 4.98 Å². The van der Waals surface area contributed by atoms with Gasteiger partial charge in [0.05, 0.1) is 5.56 Å². The molecule has 24 heavy (non-hydrogen) atoms. The maximum Gasteiger partial charge on any atom is 0.274 e. The van der Waals surface area contributed by atoms with Crippen LogP contribution in [-0.4, -0.2) is 86.8 Å². The fourth-order valence-electron chi connectivity index (χ4n) is 1.92. The summed E-state index contributed by atoms with van der Waals surface area (Å²) in [6, 6.07) is 2.72. The molecule has 0 aliphatic heterocycles. The van der Waals surface area contributed by atoms with Crippen LogP contribution in [0, 0.1) is 0 Å². The summed E-state index contributed by atoms with van der Waals surface area (Å²) in [5, 5.41) is 36.9. The minimum atomic E-state index is -1.13. The topological polar surface area (TPSA) is 134 Å². The van der Waals surface area contributed by atoms with Crippen molar-refractivity contribution in [2.24, 2.45) is 0 Å². The van der Waals surface area contributed by atoms with E-state index in [1.165, 1.54) is 32.4 Å². The van der Waals surface area contributed by atoms with Gasteiger partial charge < -0.3 is 30.2 Å². The Morgan fingerprint density at radius 1 is 1.00 bits per heavy atom. The molecule has 134 valence electrons. The maximum absolute atomic E-state index is 12.2. The molecule has 2 amide bonds. The number of hydrogen-bond acceptors (Lipinski definition) is 7. The lowest BCUT2D eigenvalue weighted by Gasteiger charge is -2.24. The molecule has 0 aliphatic rings. The molecule has 1 heterocycles. The van der Waals surface area contributed by atoms with E-state index in [9.17, 15) is 19.8 Å². The number of hydrogen-bond donors (Lipinski definition) is 4. The summed E-state index contributed by atoms with van der Waals surface area (Å²) in [6.45, 7) is -0.519. The van der Waals surface area contributed by atoms with Crippen molar-refractivity contribution in [2.75, 3.05) is 27.3 Å². The first-order chi connectivity index (χ1) is 11.3. The van der Waals surface area contributed by atoms with E-state index in [-0.39, 0.29) is 37.3 Å². The molecule has 2 unspecified atom stereocenters. The van der Waals surface area contributed by atoms with Crippen molar-refractivity contribution >= 4 is 11.8 Å². The molecule has 4 N–H and O–H groups in total. The van der Waals surface area contributed by atoms with Crippen molar-refractivity contribution in [1.29, 1.82) is 0 Å². The van der Waals surface area contributed by atoms with Crippen LogP contribution in [0.15, 0.2) is 18.3 Å². The average molecular weight is 341 g/mol. The highest BCUT2D eigenvalue weighted by atomic mass is 16.3. The molecule has 0 radical (unpaired) electrons. The smallest absolute Gasteiger partial charge is 0.274 e. The van der Waals surface area contributed by atoms with E-state index < -0.39 is 24.3 Å². The Balaban J connectivity index is 2.81. The number of nitrogens with zero attached hydrogens (tertiary/aromatic N) is 3. The Morgan fingerprint density at radius 3 is 1.92 bits per heavy atom. The fourth-order valence-corrected chi connectivity index (χ4v) is 1.92. The van der Waals surface area contributed by atoms with Crippen LogP contribution in [0.4, 0.5) is 0 Å². The predicted molar refractivity (Wildman–Crippen MR) is 83.8 cm³/mol. The van der Waals surface area contributed by atoms with E-state index in [1.807, 2.05) is 0 Å². The highest BCUT2D eigenvalue weighted by Gasteiger charge is 2.22. The van der Waals surface area contributed by atoms with Gasteiger partial charge in [-0.2, -0.15) is 0 Å². The largest absolute Gasteiger partial charge is 0.396 e. The number of rotatable bonds is 8. The molecule has 2 atom stereocenters. The van der Waals surface area contributed by atoms with Crippen molar-refractivity contribution in [1.82, 2.24) is 14.8 Å². The summed E-state index contributed by atoms with van der Waals surface area (Å²) < 4.78 is 0. The van der Waals surface area contributed by atoms with Gasteiger partial charge in [-0.3, -0.25) is 14.6 Å². The Kier molecular flexibility index (Phi) is 7.72. The van der Waals surface area contributed by atoms with Crippen molar-refractivity contribution in [3.8, 4) is 0 Å². The third-order valence-electron chi connectivity index (χ3n) is 3.54. The van der Waals surface area contributed by atoms with Crippen molar-refractivity contribution in [2.45, 2.75) is 25.3 Å². The minimum Gasteiger partial charge on any atom is -0.396 e. The van der Waals surface area contributed by atoms with Crippen LogP contribution in [0.3, 0.4) is 0 Å². The quantitative estimate of drug-likeness (QED) is 0.428. The number of aliphatic hydroxyl groups excluding tert-OH is 4. The third-order valence-corrected chi connectivity index (χ3v) is 3.54. The molecule has 0 saturated heterocycles.